The highest BCUT2D eigenvalue weighted by atomic mass is 16.2. The van der Waals surface area contributed by atoms with Gasteiger partial charge in [0.2, 0.25) is 5.91 Å². The Hall–Kier alpha value is -3.15. The number of rotatable bonds is 4. The first-order valence-electron chi connectivity index (χ1n) is 7.64. The molecule has 1 aromatic heterocycles. The van der Waals surface area contributed by atoms with E-state index in [2.05, 4.69) is 15.6 Å². The number of hydrogen-bond donors (Lipinski definition) is 2. The molecular formula is C18H18N4O2. The molecule has 3 rings (SSSR count). The highest BCUT2D eigenvalue weighted by Crippen LogP contribution is 2.19. The van der Waals surface area contributed by atoms with Gasteiger partial charge >= 0.3 is 0 Å². The normalized spacial score (nSPS) is 11.9. The minimum Gasteiger partial charge on any atom is -0.355 e. The van der Waals surface area contributed by atoms with Gasteiger partial charge in [-0.15, -0.1) is 0 Å². The lowest BCUT2D eigenvalue weighted by Gasteiger charge is -2.14. The largest absolute Gasteiger partial charge is 0.355 e. The molecule has 6 nitrogen and oxygen atoms in total. The summed E-state index contributed by atoms with van der Waals surface area (Å²) in [6.07, 6.45) is 1.67. The van der Waals surface area contributed by atoms with E-state index < -0.39 is 6.04 Å². The minimum atomic E-state index is -0.406. The number of hydrogen-bond acceptors (Lipinski definition) is 3. The molecule has 24 heavy (non-hydrogen) atoms. The molecule has 3 aromatic rings. The summed E-state index contributed by atoms with van der Waals surface area (Å²) in [6, 6.07) is 14.0. The predicted molar refractivity (Wildman–Crippen MR) is 92.9 cm³/mol. The van der Waals surface area contributed by atoms with E-state index in [0.29, 0.717) is 11.3 Å². The molecule has 2 aromatic carbocycles. The average molecular weight is 322 g/mol. The second-order valence-corrected chi connectivity index (χ2v) is 5.46. The molecule has 0 saturated carbocycles. The van der Waals surface area contributed by atoms with Crippen molar-refractivity contribution in [1.29, 1.82) is 0 Å². The summed E-state index contributed by atoms with van der Waals surface area (Å²) in [4.78, 5) is 28.3. The summed E-state index contributed by atoms with van der Waals surface area (Å²) in [5, 5.41) is 5.42. The number of fused-ring (bicyclic) bond motifs is 1. The van der Waals surface area contributed by atoms with Crippen molar-refractivity contribution in [2.24, 2.45) is 0 Å². The summed E-state index contributed by atoms with van der Waals surface area (Å²) >= 11 is 0. The highest BCUT2D eigenvalue weighted by Gasteiger charge is 2.17. The van der Waals surface area contributed by atoms with E-state index in [4.69, 9.17) is 0 Å². The number of aromatic nitrogens is 2. The van der Waals surface area contributed by atoms with Crippen LogP contribution in [0.5, 0.6) is 0 Å². The first-order valence-corrected chi connectivity index (χ1v) is 7.64. The first kappa shape index (κ1) is 15.7. The number of anilines is 1. The van der Waals surface area contributed by atoms with E-state index in [1.807, 2.05) is 35.8 Å². The smallest absolute Gasteiger partial charge is 0.251 e. The van der Waals surface area contributed by atoms with Crippen LogP contribution in [0.1, 0.15) is 23.3 Å². The molecule has 0 unspecified atom stereocenters. The summed E-state index contributed by atoms with van der Waals surface area (Å²) in [6.45, 7) is 1.82. The standard InChI is InChI=1S/C18H18N4O2/c1-12(22-11-20-15-5-3-4-6-16(15)22)17(23)21-14-9-7-13(8-10-14)18(24)19-2/h3-12H,1-2H3,(H,19,24)(H,21,23)/t12-/m0/s1. The number of carbonyl (C=O) groups excluding carboxylic acids is 2. The second-order valence-electron chi connectivity index (χ2n) is 5.46. The van der Waals surface area contributed by atoms with Crippen molar-refractivity contribution in [1.82, 2.24) is 14.9 Å². The van der Waals surface area contributed by atoms with E-state index in [0.717, 1.165) is 11.0 Å². The fraction of sp³-hybridized carbons (Fsp3) is 0.167. The number of nitrogens with one attached hydrogen (secondary N) is 2. The van der Waals surface area contributed by atoms with Crippen LogP contribution in [0.3, 0.4) is 0 Å². The number of carbonyl (C=O) groups is 2. The lowest BCUT2D eigenvalue weighted by molar-refractivity contribution is -0.118. The molecule has 0 aliphatic heterocycles. The molecule has 6 heteroatoms. The number of imidazole rings is 1. The topological polar surface area (TPSA) is 76.0 Å². The number of amides is 2. The van der Waals surface area contributed by atoms with Gasteiger partial charge < -0.3 is 15.2 Å². The van der Waals surface area contributed by atoms with Gasteiger partial charge in [0.15, 0.2) is 0 Å². The zero-order chi connectivity index (χ0) is 17.1. The van der Waals surface area contributed by atoms with Gasteiger partial charge in [0.1, 0.15) is 6.04 Å². The Bertz CT molecular complexity index is 883. The number of nitrogens with zero attached hydrogens (tertiary/aromatic N) is 2. The van der Waals surface area contributed by atoms with Crippen molar-refractivity contribution < 1.29 is 9.59 Å². The van der Waals surface area contributed by atoms with Crippen LogP contribution in [-0.4, -0.2) is 28.4 Å². The van der Waals surface area contributed by atoms with Crippen molar-refractivity contribution in [2.45, 2.75) is 13.0 Å². The Labute approximate surface area is 139 Å². The molecule has 0 aliphatic carbocycles. The van der Waals surface area contributed by atoms with Crippen LogP contribution in [0, 0.1) is 0 Å². The Balaban J connectivity index is 1.75. The lowest BCUT2D eigenvalue weighted by atomic mass is 10.2. The van der Waals surface area contributed by atoms with E-state index in [9.17, 15) is 9.59 Å². The van der Waals surface area contributed by atoms with E-state index in [1.165, 1.54) is 0 Å². The monoisotopic (exact) mass is 322 g/mol. The summed E-state index contributed by atoms with van der Waals surface area (Å²) in [5.41, 5.74) is 2.95. The quantitative estimate of drug-likeness (QED) is 0.775. The third-order valence-corrected chi connectivity index (χ3v) is 3.92. The third kappa shape index (κ3) is 2.99. The molecule has 2 N–H and O–H groups in total. The molecule has 0 spiro atoms. The van der Waals surface area contributed by atoms with Gasteiger partial charge in [-0.25, -0.2) is 4.98 Å². The van der Waals surface area contributed by atoms with Gasteiger partial charge in [0, 0.05) is 18.3 Å². The first-order chi connectivity index (χ1) is 11.6. The molecule has 0 fully saturated rings. The Kier molecular flexibility index (Phi) is 4.29. The van der Waals surface area contributed by atoms with Crippen LogP contribution >= 0.6 is 0 Å². The second kappa shape index (κ2) is 6.54. The van der Waals surface area contributed by atoms with Crippen molar-refractivity contribution in [2.75, 3.05) is 12.4 Å². The Morgan fingerprint density at radius 1 is 1.08 bits per heavy atom. The third-order valence-electron chi connectivity index (χ3n) is 3.92. The zero-order valence-electron chi connectivity index (χ0n) is 13.5. The summed E-state index contributed by atoms with van der Waals surface area (Å²) in [7, 11) is 1.58. The molecule has 1 heterocycles. The summed E-state index contributed by atoms with van der Waals surface area (Å²) in [5.74, 6) is -0.308. The molecule has 2 amide bonds. The number of para-hydroxylation sites is 2. The SMILES string of the molecule is CNC(=O)c1ccc(NC(=O)[C@H](C)n2cnc3ccccc32)cc1. The molecule has 0 bridgehead atoms. The van der Waals surface area contributed by atoms with Crippen molar-refractivity contribution in [3.05, 3.63) is 60.4 Å². The fourth-order valence-electron chi connectivity index (χ4n) is 2.51. The highest BCUT2D eigenvalue weighted by molar-refractivity contribution is 5.97. The molecule has 0 saturated heterocycles. The fourth-order valence-corrected chi connectivity index (χ4v) is 2.51. The van der Waals surface area contributed by atoms with Crippen molar-refractivity contribution >= 4 is 28.5 Å². The maximum absolute atomic E-state index is 12.5. The van der Waals surface area contributed by atoms with E-state index in [-0.39, 0.29) is 11.8 Å². The van der Waals surface area contributed by atoms with Gasteiger partial charge in [0.25, 0.3) is 5.91 Å². The van der Waals surface area contributed by atoms with Crippen LogP contribution in [0.2, 0.25) is 0 Å². The number of benzene rings is 2. The van der Waals surface area contributed by atoms with Gasteiger partial charge in [-0.3, -0.25) is 9.59 Å². The predicted octanol–water partition coefficient (Wildman–Crippen LogP) is 2.60. The Morgan fingerprint density at radius 3 is 2.50 bits per heavy atom. The van der Waals surface area contributed by atoms with Gasteiger partial charge in [-0.1, -0.05) is 12.1 Å². The van der Waals surface area contributed by atoms with Gasteiger partial charge in [0.05, 0.1) is 17.4 Å². The van der Waals surface area contributed by atoms with E-state index in [1.54, 1.807) is 37.6 Å². The lowest BCUT2D eigenvalue weighted by Crippen LogP contribution is -2.23. The minimum absolute atomic E-state index is 0.147. The van der Waals surface area contributed by atoms with Crippen LogP contribution in [0.15, 0.2) is 54.9 Å². The average Bonchev–Trinajstić information content (AvgIpc) is 3.05. The van der Waals surface area contributed by atoms with E-state index >= 15 is 0 Å². The van der Waals surface area contributed by atoms with Crippen LogP contribution in [0.4, 0.5) is 5.69 Å². The van der Waals surface area contributed by atoms with Crippen LogP contribution in [-0.2, 0) is 4.79 Å². The molecule has 0 radical (unpaired) electrons. The zero-order valence-corrected chi connectivity index (χ0v) is 13.5. The van der Waals surface area contributed by atoms with Crippen LogP contribution in [0.25, 0.3) is 11.0 Å². The van der Waals surface area contributed by atoms with Gasteiger partial charge in [-0.05, 0) is 43.3 Å². The van der Waals surface area contributed by atoms with Gasteiger partial charge in [-0.2, -0.15) is 0 Å². The molecule has 0 aliphatic rings. The molecular weight excluding hydrogens is 304 g/mol. The maximum Gasteiger partial charge on any atom is 0.251 e. The maximum atomic E-state index is 12.5. The summed E-state index contributed by atoms with van der Waals surface area (Å²) < 4.78 is 1.84. The van der Waals surface area contributed by atoms with Crippen molar-refractivity contribution in [3.63, 3.8) is 0 Å². The van der Waals surface area contributed by atoms with Crippen molar-refractivity contribution in [3.8, 4) is 0 Å². The molecule has 1 atom stereocenters. The van der Waals surface area contributed by atoms with Crippen LogP contribution < -0.4 is 10.6 Å². The molecule has 122 valence electrons. The Morgan fingerprint density at radius 2 is 1.79 bits per heavy atom.